The Hall–Kier alpha value is -0.968. The van der Waals surface area contributed by atoms with E-state index >= 15 is 0 Å². The molecule has 0 bridgehead atoms. The Labute approximate surface area is 118 Å². The molecule has 1 aliphatic rings. The van der Waals surface area contributed by atoms with E-state index in [1.165, 1.54) is 13.1 Å². The maximum atomic E-state index is 9.42. The summed E-state index contributed by atoms with van der Waals surface area (Å²) in [6.45, 7) is 0. The fraction of sp³-hybridized carbons (Fsp3) is 0.333. The second kappa shape index (κ2) is 18.4. The van der Waals surface area contributed by atoms with Crippen LogP contribution in [0.5, 0.6) is 0 Å². The minimum absolute atomic E-state index is 0.561. The van der Waals surface area contributed by atoms with E-state index in [0.717, 1.165) is 18.2 Å². The maximum absolute atomic E-state index is 9.42. The van der Waals surface area contributed by atoms with Crippen LogP contribution < -0.4 is 0 Å². The topological polar surface area (TPSA) is 68.3 Å². The Morgan fingerprint density at radius 2 is 1.89 bits per heavy atom. The van der Waals surface area contributed by atoms with Crippen LogP contribution in [0.1, 0.15) is 19.3 Å². The second-order valence-electron chi connectivity index (χ2n) is 2.45. The van der Waals surface area contributed by atoms with Crippen molar-refractivity contribution in [3.8, 4) is 0 Å². The molecular weight excluding hydrogens is 474 g/mol. The van der Waals surface area contributed by atoms with Gasteiger partial charge < -0.3 is 4.79 Å². The number of carbonyl (C=O) groups excluding carboxylic acids is 4. The number of hydrogen-bond acceptors (Lipinski definition) is 4. The Morgan fingerprint density at radius 1 is 1.28 bits per heavy atom. The maximum Gasteiger partial charge on any atom is -0.109 e. The number of unbranched alkanes of at least 4 members (excludes halogenated alkanes) is 1. The zero-order valence-electron chi connectivity index (χ0n) is 9.45. The number of halogens is 1. The van der Waals surface area contributed by atoms with Gasteiger partial charge in [-0.1, -0.05) is 22.4 Å². The first-order chi connectivity index (χ1) is 8.76. The Kier molecular flexibility index (Phi) is 19.8. The molecule has 18 heavy (non-hydrogen) atoms. The third-order valence-corrected chi connectivity index (χ3v) is 3.45. The molecule has 0 aromatic carbocycles. The van der Waals surface area contributed by atoms with Crippen molar-refractivity contribution < 1.29 is 34.6 Å². The van der Waals surface area contributed by atoms with Crippen LogP contribution in [0.3, 0.4) is 0 Å². The van der Waals surface area contributed by atoms with Crippen LogP contribution in [0.25, 0.3) is 0 Å². The predicted octanol–water partition coefficient (Wildman–Crippen LogP) is 1.38. The van der Waals surface area contributed by atoms with E-state index in [2.05, 4.69) is 28.1 Å². The molecule has 0 heterocycles. The molecule has 0 aromatic heterocycles. The average Bonchev–Trinajstić information content (AvgIpc) is 2.98. The molecule has 0 spiro atoms. The van der Waals surface area contributed by atoms with Gasteiger partial charge in [-0.15, -0.1) is 6.42 Å². The van der Waals surface area contributed by atoms with Gasteiger partial charge in [-0.25, -0.2) is 12.2 Å². The molecule has 0 radical (unpaired) electrons. The summed E-state index contributed by atoms with van der Waals surface area (Å²) in [4.78, 5) is 37.6. The number of allylic oxidation sites excluding steroid dienone is 4. The molecule has 6 heteroatoms. The van der Waals surface area contributed by atoms with Crippen molar-refractivity contribution in [1.82, 2.24) is 0 Å². The Morgan fingerprint density at radius 3 is 2.00 bits per heavy atom. The van der Waals surface area contributed by atoms with Gasteiger partial charge in [-0.3, -0.25) is 12.4 Å². The van der Waals surface area contributed by atoms with Crippen LogP contribution in [0, 0.1) is 6.08 Å². The zero-order chi connectivity index (χ0) is 14.1. The van der Waals surface area contributed by atoms with Crippen LogP contribution >= 0.6 is 15.9 Å². The van der Waals surface area contributed by atoms with Gasteiger partial charge in [0.25, 0.3) is 0 Å². The van der Waals surface area contributed by atoms with E-state index in [-0.39, 0.29) is 0 Å². The van der Waals surface area contributed by atoms with Crippen molar-refractivity contribution in [3.05, 3.63) is 24.3 Å². The fourth-order valence-corrected chi connectivity index (χ4v) is 1.15. The minimum Gasteiger partial charge on any atom is -0.273 e. The van der Waals surface area contributed by atoms with Gasteiger partial charge in [0.15, 0.2) is 0 Å². The SMILES string of the molecule is O=[C-]CCCBr.O=[C]=[Re](=[C]=O)=[C]=O.[C-]1=CC=CC1. The monoisotopic (exact) mass is 485 g/mol. The normalized spacial score (nSPS) is 9.61. The van der Waals surface area contributed by atoms with Crippen molar-refractivity contribution in [2.75, 3.05) is 5.33 Å². The third-order valence-electron chi connectivity index (χ3n) is 1.23. The molecule has 0 saturated heterocycles. The van der Waals surface area contributed by atoms with Crippen LogP contribution in [0.2, 0.25) is 0 Å². The third kappa shape index (κ3) is 17.4. The van der Waals surface area contributed by atoms with Crippen LogP contribution in [-0.4, -0.2) is 24.7 Å². The number of alkyl halides is 1. The van der Waals surface area contributed by atoms with E-state index in [0.29, 0.717) is 6.42 Å². The Bertz CT molecular complexity index is 431. The van der Waals surface area contributed by atoms with Gasteiger partial charge in [0.05, 0.1) is 0 Å². The van der Waals surface area contributed by atoms with Gasteiger partial charge in [0, 0.05) is 5.33 Å². The van der Waals surface area contributed by atoms with Crippen molar-refractivity contribution in [1.29, 1.82) is 0 Å². The van der Waals surface area contributed by atoms with E-state index in [1.807, 2.05) is 12.2 Å². The fourth-order valence-electron chi connectivity index (χ4n) is 0.526. The van der Waals surface area contributed by atoms with Crippen molar-refractivity contribution in [2.45, 2.75) is 19.3 Å². The quantitative estimate of drug-likeness (QED) is 0.344. The molecule has 0 aromatic rings. The smallest absolute Gasteiger partial charge is 0.109 e. The van der Waals surface area contributed by atoms with E-state index < -0.39 is 15.4 Å². The molecule has 0 saturated carbocycles. The molecule has 0 unspecified atom stereocenters. The van der Waals surface area contributed by atoms with Crippen LogP contribution in [0.15, 0.2) is 18.2 Å². The van der Waals surface area contributed by atoms with Crippen molar-refractivity contribution >= 4 is 35.3 Å². The van der Waals surface area contributed by atoms with Crippen LogP contribution in [-0.2, 0) is 34.6 Å². The summed E-state index contributed by atoms with van der Waals surface area (Å²) in [5.74, 6) is 0. The van der Waals surface area contributed by atoms with E-state index in [9.17, 15) is 19.2 Å². The largest absolute Gasteiger partial charge is 0.273 e. The molecule has 4 nitrogen and oxygen atoms in total. The van der Waals surface area contributed by atoms with E-state index in [1.54, 1.807) is 6.29 Å². The molecule has 0 aliphatic heterocycles. The summed E-state index contributed by atoms with van der Waals surface area (Å²) in [6, 6.07) is 0. The number of rotatable bonds is 3. The van der Waals surface area contributed by atoms with Gasteiger partial charge in [-0.05, 0) is 0 Å². The summed E-state index contributed by atoms with van der Waals surface area (Å²) in [5, 5.41) is 0.905. The van der Waals surface area contributed by atoms with Crippen molar-refractivity contribution in [2.24, 2.45) is 0 Å². The van der Waals surface area contributed by atoms with Gasteiger partial charge >= 0.3 is 42.8 Å². The first kappa shape index (κ1) is 19.4. The first-order valence-electron chi connectivity index (χ1n) is 4.72. The Balaban J connectivity index is 0. The molecule has 1 aliphatic carbocycles. The second-order valence-corrected chi connectivity index (χ2v) is 6.95. The first-order valence-corrected chi connectivity index (χ1v) is 9.92. The summed E-state index contributed by atoms with van der Waals surface area (Å²) in [6.07, 6.45) is 13.3. The van der Waals surface area contributed by atoms with Crippen molar-refractivity contribution in [3.63, 3.8) is 0 Å². The van der Waals surface area contributed by atoms with Crippen LogP contribution in [0.4, 0.5) is 0 Å². The summed E-state index contributed by atoms with van der Waals surface area (Å²) < 4.78 is 3.87. The average molecular weight is 485 g/mol. The predicted molar refractivity (Wildman–Crippen MR) is 67.4 cm³/mol. The van der Waals surface area contributed by atoms with Gasteiger partial charge in [0.2, 0.25) is 0 Å². The molecule has 0 fully saturated rings. The summed E-state index contributed by atoms with van der Waals surface area (Å²) >= 11 is 0.198. The summed E-state index contributed by atoms with van der Waals surface area (Å²) in [7, 11) is 0. The molecule has 0 amide bonds. The number of hydrogen-bond donors (Lipinski definition) is 0. The molecule has 0 N–H and O–H groups in total. The standard InChI is InChI=1S/C5H5.C4H6BrO.3CO.Re/c1-2-4-5-3-1;5-3-1-2-4-6;3*1-2;/h1-3H,4H2;1-3H2;;;;/q2*-1;;;;. The zero-order valence-corrected chi connectivity index (χ0v) is 13.8. The molecule has 1 rings (SSSR count). The minimum atomic E-state index is -2.97. The molecular formula is C12H11BrO4Re-2. The van der Waals surface area contributed by atoms with Gasteiger partial charge in [-0.2, -0.15) is 12.5 Å². The molecule has 99 valence electrons. The molecule has 0 atom stereocenters. The van der Waals surface area contributed by atoms with E-state index in [4.69, 9.17) is 0 Å². The summed E-state index contributed by atoms with van der Waals surface area (Å²) in [5.41, 5.74) is 0. The van der Waals surface area contributed by atoms with Gasteiger partial charge in [0.1, 0.15) is 0 Å².